The first kappa shape index (κ1) is 22.4. The molecule has 1 N–H and O–H groups in total. The number of hydrogen-bond acceptors (Lipinski definition) is 5. The second-order valence-electron chi connectivity index (χ2n) is 7.32. The van der Waals surface area contributed by atoms with Gasteiger partial charge in [-0.2, -0.15) is 0 Å². The van der Waals surface area contributed by atoms with Crippen LogP contribution < -0.4 is 14.8 Å². The SMILES string of the molecule is CCOc1ccccc1NC1=C(c2ccc(OC)cc2)C(=O)N(Cc2ccccc2Cl)C1=O. The van der Waals surface area contributed by atoms with E-state index in [-0.39, 0.29) is 17.8 Å². The van der Waals surface area contributed by atoms with E-state index in [1.165, 1.54) is 4.90 Å². The molecular weight excluding hydrogens is 440 g/mol. The zero-order valence-electron chi connectivity index (χ0n) is 18.3. The van der Waals surface area contributed by atoms with E-state index in [9.17, 15) is 9.59 Å². The molecule has 1 heterocycles. The lowest BCUT2D eigenvalue weighted by molar-refractivity contribution is -0.137. The summed E-state index contributed by atoms with van der Waals surface area (Å²) in [5.74, 6) is 0.408. The summed E-state index contributed by atoms with van der Waals surface area (Å²) in [6.45, 7) is 2.41. The zero-order chi connectivity index (χ0) is 23.4. The van der Waals surface area contributed by atoms with E-state index < -0.39 is 11.8 Å². The first-order valence-electron chi connectivity index (χ1n) is 10.5. The number of carbonyl (C=O) groups is 2. The number of nitrogens with zero attached hydrogens (tertiary/aromatic N) is 1. The zero-order valence-corrected chi connectivity index (χ0v) is 19.1. The van der Waals surface area contributed by atoms with Crippen LogP contribution in [0.25, 0.3) is 5.57 Å². The van der Waals surface area contributed by atoms with Crippen molar-refractivity contribution in [2.75, 3.05) is 19.0 Å². The van der Waals surface area contributed by atoms with Crippen LogP contribution >= 0.6 is 11.6 Å². The smallest absolute Gasteiger partial charge is 0.278 e. The lowest BCUT2D eigenvalue weighted by Gasteiger charge is -2.17. The highest BCUT2D eigenvalue weighted by atomic mass is 35.5. The van der Waals surface area contributed by atoms with Crippen molar-refractivity contribution in [1.29, 1.82) is 0 Å². The first-order chi connectivity index (χ1) is 16.0. The van der Waals surface area contributed by atoms with Gasteiger partial charge in [-0.05, 0) is 48.4 Å². The maximum atomic E-state index is 13.5. The Hall–Kier alpha value is -3.77. The monoisotopic (exact) mass is 462 g/mol. The summed E-state index contributed by atoms with van der Waals surface area (Å²) >= 11 is 6.30. The van der Waals surface area contributed by atoms with Crippen LogP contribution in [0, 0.1) is 0 Å². The molecule has 7 heteroatoms. The van der Waals surface area contributed by atoms with Crippen molar-refractivity contribution in [3.05, 3.63) is 94.6 Å². The fourth-order valence-electron chi connectivity index (χ4n) is 3.64. The molecule has 3 aromatic rings. The lowest BCUT2D eigenvalue weighted by atomic mass is 10.0. The Kier molecular flexibility index (Phi) is 6.66. The molecule has 33 heavy (non-hydrogen) atoms. The number of anilines is 1. The predicted octanol–water partition coefficient (Wildman–Crippen LogP) is 5.14. The van der Waals surface area contributed by atoms with Gasteiger partial charge in [-0.25, -0.2) is 0 Å². The molecule has 168 valence electrons. The van der Waals surface area contributed by atoms with Gasteiger partial charge < -0.3 is 14.8 Å². The normalized spacial score (nSPS) is 13.5. The predicted molar refractivity (Wildman–Crippen MR) is 128 cm³/mol. The van der Waals surface area contributed by atoms with Crippen molar-refractivity contribution in [1.82, 2.24) is 4.90 Å². The Morgan fingerprint density at radius 2 is 1.61 bits per heavy atom. The maximum Gasteiger partial charge on any atom is 0.278 e. The highest BCUT2D eigenvalue weighted by Gasteiger charge is 2.39. The van der Waals surface area contributed by atoms with Crippen LogP contribution in [0.2, 0.25) is 5.02 Å². The minimum absolute atomic E-state index is 0.0648. The molecule has 0 unspecified atom stereocenters. The van der Waals surface area contributed by atoms with Gasteiger partial charge in [0.25, 0.3) is 11.8 Å². The molecule has 2 amide bonds. The number of nitrogens with one attached hydrogen (secondary N) is 1. The van der Waals surface area contributed by atoms with Crippen LogP contribution in [0.4, 0.5) is 5.69 Å². The molecule has 0 saturated heterocycles. The molecule has 3 aromatic carbocycles. The van der Waals surface area contributed by atoms with Crippen LogP contribution in [0.1, 0.15) is 18.1 Å². The minimum atomic E-state index is -0.433. The third-order valence-corrected chi connectivity index (χ3v) is 5.65. The molecule has 0 bridgehead atoms. The van der Waals surface area contributed by atoms with Gasteiger partial charge in [-0.1, -0.05) is 54.1 Å². The average molecular weight is 463 g/mol. The lowest BCUT2D eigenvalue weighted by Crippen LogP contribution is -2.32. The number of carbonyl (C=O) groups excluding carboxylic acids is 2. The standard InChI is InChI=1S/C26H23ClN2O4/c1-3-33-22-11-7-6-10-21(22)28-24-23(17-12-14-19(32-2)15-13-17)25(30)29(26(24)31)16-18-8-4-5-9-20(18)27/h4-15,28H,3,16H2,1-2H3. The van der Waals surface area contributed by atoms with Gasteiger partial charge in [0.2, 0.25) is 0 Å². The Balaban J connectivity index is 1.76. The molecule has 0 saturated carbocycles. The van der Waals surface area contributed by atoms with Crippen molar-refractivity contribution in [2.45, 2.75) is 13.5 Å². The summed E-state index contributed by atoms with van der Waals surface area (Å²) in [6.07, 6.45) is 0. The van der Waals surface area contributed by atoms with E-state index in [0.717, 1.165) is 0 Å². The van der Waals surface area contributed by atoms with Gasteiger partial charge in [0.05, 0.1) is 31.5 Å². The van der Waals surface area contributed by atoms with Crippen LogP contribution in [0.5, 0.6) is 11.5 Å². The molecule has 1 aliphatic heterocycles. The van der Waals surface area contributed by atoms with Crippen LogP contribution in [0.3, 0.4) is 0 Å². The number of halogens is 1. The van der Waals surface area contributed by atoms with Crippen LogP contribution in [0.15, 0.2) is 78.5 Å². The molecule has 0 aliphatic carbocycles. The Labute approximate surface area is 197 Å². The van der Waals surface area contributed by atoms with Gasteiger partial charge in [0.15, 0.2) is 0 Å². The summed E-state index contributed by atoms with van der Waals surface area (Å²) in [7, 11) is 1.57. The van der Waals surface area contributed by atoms with E-state index >= 15 is 0 Å². The maximum absolute atomic E-state index is 13.5. The average Bonchev–Trinajstić information content (AvgIpc) is 3.06. The number of para-hydroxylation sites is 2. The minimum Gasteiger partial charge on any atom is -0.497 e. The topological polar surface area (TPSA) is 67.9 Å². The molecule has 0 fully saturated rings. The summed E-state index contributed by atoms with van der Waals surface area (Å²) in [6, 6.07) is 21.5. The summed E-state index contributed by atoms with van der Waals surface area (Å²) < 4.78 is 10.9. The van der Waals surface area contributed by atoms with E-state index in [4.69, 9.17) is 21.1 Å². The molecule has 0 atom stereocenters. The van der Waals surface area contributed by atoms with E-state index in [1.54, 1.807) is 55.6 Å². The molecule has 0 spiro atoms. The van der Waals surface area contributed by atoms with Crippen molar-refractivity contribution >= 4 is 34.7 Å². The van der Waals surface area contributed by atoms with Crippen molar-refractivity contribution in [3.8, 4) is 11.5 Å². The van der Waals surface area contributed by atoms with E-state index in [0.29, 0.717) is 39.9 Å². The third-order valence-electron chi connectivity index (χ3n) is 5.28. The Morgan fingerprint density at radius 1 is 0.909 bits per heavy atom. The van der Waals surface area contributed by atoms with Gasteiger partial charge in [-0.15, -0.1) is 0 Å². The molecule has 0 aromatic heterocycles. The number of amides is 2. The van der Waals surface area contributed by atoms with Crippen molar-refractivity contribution in [3.63, 3.8) is 0 Å². The number of ether oxygens (including phenoxy) is 2. The van der Waals surface area contributed by atoms with Gasteiger partial charge in [0, 0.05) is 5.02 Å². The highest BCUT2D eigenvalue weighted by molar-refractivity contribution is 6.36. The van der Waals surface area contributed by atoms with Gasteiger partial charge >= 0.3 is 0 Å². The van der Waals surface area contributed by atoms with Gasteiger partial charge in [-0.3, -0.25) is 14.5 Å². The molecule has 4 rings (SSSR count). The fraction of sp³-hybridized carbons (Fsp3) is 0.154. The Bertz CT molecular complexity index is 1220. The largest absolute Gasteiger partial charge is 0.497 e. The molecule has 0 radical (unpaired) electrons. The van der Waals surface area contributed by atoms with Crippen LogP contribution in [-0.4, -0.2) is 30.4 Å². The number of methoxy groups -OCH3 is 1. The molecular formula is C26H23ClN2O4. The van der Waals surface area contributed by atoms with Crippen LogP contribution in [-0.2, 0) is 16.1 Å². The first-order valence-corrected chi connectivity index (χ1v) is 10.9. The number of hydrogen-bond donors (Lipinski definition) is 1. The van der Waals surface area contributed by atoms with Gasteiger partial charge in [0.1, 0.15) is 17.2 Å². The Morgan fingerprint density at radius 3 is 2.30 bits per heavy atom. The van der Waals surface area contributed by atoms with Crippen molar-refractivity contribution < 1.29 is 19.1 Å². The third kappa shape index (κ3) is 4.56. The van der Waals surface area contributed by atoms with E-state index in [2.05, 4.69) is 5.32 Å². The second-order valence-corrected chi connectivity index (χ2v) is 7.73. The molecule has 6 nitrogen and oxygen atoms in total. The quantitative estimate of drug-likeness (QED) is 0.469. The van der Waals surface area contributed by atoms with Crippen molar-refractivity contribution in [2.24, 2.45) is 0 Å². The molecule has 1 aliphatic rings. The van der Waals surface area contributed by atoms with E-state index in [1.807, 2.05) is 31.2 Å². The summed E-state index contributed by atoms with van der Waals surface area (Å²) in [5, 5.41) is 3.65. The second kappa shape index (κ2) is 9.79. The fourth-order valence-corrected chi connectivity index (χ4v) is 3.84. The highest BCUT2D eigenvalue weighted by Crippen LogP contribution is 2.35. The summed E-state index contributed by atoms with van der Waals surface area (Å²) in [5.41, 5.74) is 2.35. The number of benzene rings is 3. The number of rotatable bonds is 8. The summed E-state index contributed by atoms with van der Waals surface area (Å²) in [4.78, 5) is 28.2. The number of imide groups is 1.